The third-order valence-corrected chi connectivity index (χ3v) is 5.15. The van der Waals surface area contributed by atoms with Crippen LogP contribution in [0.5, 0.6) is 0 Å². The van der Waals surface area contributed by atoms with Gasteiger partial charge in [-0.25, -0.2) is 0 Å². The Morgan fingerprint density at radius 2 is 1.68 bits per heavy atom. The van der Waals surface area contributed by atoms with Gasteiger partial charge in [0.2, 0.25) is 11.8 Å². The monoisotopic (exact) mass is 440 g/mol. The Balaban J connectivity index is 2.27. The molecule has 0 bridgehead atoms. The second kappa shape index (κ2) is 10.1. The van der Waals surface area contributed by atoms with Crippen molar-refractivity contribution in [3.05, 3.63) is 68.7 Å². The van der Waals surface area contributed by atoms with Gasteiger partial charge in [0.05, 0.1) is 16.5 Å². The Morgan fingerprint density at radius 3 is 2.29 bits per heavy atom. The third-order valence-electron chi connectivity index (χ3n) is 4.18. The molecule has 0 saturated carbocycles. The molecule has 2 amide bonds. The molecule has 150 valence electrons. The van der Waals surface area contributed by atoms with E-state index in [0.29, 0.717) is 15.1 Å². The van der Waals surface area contributed by atoms with Crippen LogP contribution in [-0.4, -0.2) is 28.8 Å². The summed E-state index contributed by atoms with van der Waals surface area (Å²) < 4.78 is 0. The van der Waals surface area contributed by atoms with Crippen LogP contribution in [-0.2, 0) is 22.6 Å². The number of rotatable bonds is 7. The molecule has 4 nitrogen and oxygen atoms in total. The molecule has 0 spiro atoms. The van der Waals surface area contributed by atoms with Crippen LogP contribution in [0, 0.1) is 0 Å². The largest absolute Gasteiger partial charge is 0.352 e. The van der Waals surface area contributed by atoms with Crippen molar-refractivity contribution in [3.8, 4) is 0 Å². The number of hydrogen-bond donors (Lipinski definition) is 1. The first-order chi connectivity index (χ1) is 13.2. The molecular weight excluding hydrogens is 419 g/mol. The Labute approximate surface area is 180 Å². The summed E-state index contributed by atoms with van der Waals surface area (Å²) in [5.74, 6) is -0.394. The summed E-state index contributed by atoms with van der Waals surface area (Å²) in [6.07, 6.45) is 0.140. The molecule has 28 heavy (non-hydrogen) atoms. The number of nitrogens with zero attached hydrogens (tertiary/aromatic N) is 1. The Kier molecular flexibility index (Phi) is 8.17. The molecule has 1 N–H and O–H groups in total. The second-order valence-electron chi connectivity index (χ2n) is 6.92. The summed E-state index contributed by atoms with van der Waals surface area (Å²) in [6, 6.07) is 11.6. The zero-order valence-electron chi connectivity index (χ0n) is 16.0. The molecule has 0 aliphatic heterocycles. The molecule has 0 fully saturated rings. The Bertz CT molecular complexity index is 855. The van der Waals surface area contributed by atoms with Crippen molar-refractivity contribution in [1.82, 2.24) is 10.2 Å². The van der Waals surface area contributed by atoms with Gasteiger partial charge in [-0.3, -0.25) is 9.59 Å². The van der Waals surface area contributed by atoms with Gasteiger partial charge in [-0.1, -0.05) is 53.0 Å². The standard InChI is InChI=1S/C21H23Cl3N2O2/c1-13(2)25-21(28)14(3)26(12-16-7-8-18(23)19(24)10-16)20(27)11-15-5-4-6-17(22)9-15/h4-10,13-14H,11-12H2,1-3H3,(H,25,28)/t14-/m0/s1. The van der Waals surface area contributed by atoms with Crippen LogP contribution in [0.1, 0.15) is 31.9 Å². The number of benzene rings is 2. The van der Waals surface area contributed by atoms with Crippen molar-refractivity contribution < 1.29 is 9.59 Å². The highest BCUT2D eigenvalue weighted by atomic mass is 35.5. The van der Waals surface area contributed by atoms with E-state index in [0.717, 1.165) is 11.1 Å². The van der Waals surface area contributed by atoms with Crippen LogP contribution in [0.3, 0.4) is 0 Å². The highest BCUT2D eigenvalue weighted by Gasteiger charge is 2.26. The van der Waals surface area contributed by atoms with Gasteiger partial charge in [-0.2, -0.15) is 0 Å². The quantitative estimate of drug-likeness (QED) is 0.647. The lowest BCUT2D eigenvalue weighted by atomic mass is 10.1. The van der Waals surface area contributed by atoms with E-state index in [2.05, 4.69) is 5.32 Å². The van der Waals surface area contributed by atoms with Gasteiger partial charge < -0.3 is 10.2 Å². The van der Waals surface area contributed by atoms with E-state index in [-0.39, 0.29) is 30.8 Å². The Morgan fingerprint density at radius 1 is 0.964 bits per heavy atom. The first-order valence-electron chi connectivity index (χ1n) is 8.95. The molecule has 2 rings (SSSR count). The zero-order chi connectivity index (χ0) is 20.8. The fourth-order valence-corrected chi connectivity index (χ4v) is 3.28. The molecule has 2 aromatic carbocycles. The van der Waals surface area contributed by atoms with E-state index in [1.54, 1.807) is 43.3 Å². The number of carbonyl (C=O) groups excluding carboxylic acids is 2. The van der Waals surface area contributed by atoms with E-state index >= 15 is 0 Å². The minimum Gasteiger partial charge on any atom is -0.352 e. The predicted octanol–water partition coefficient (Wildman–Crippen LogP) is 5.13. The second-order valence-corrected chi connectivity index (χ2v) is 8.17. The van der Waals surface area contributed by atoms with Gasteiger partial charge in [-0.15, -0.1) is 0 Å². The fourth-order valence-electron chi connectivity index (χ4n) is 2.75. The summed E-state index contributed by atoms with van der Waals surface area (Å²) in [7, 11) is 0. The molecule has 0 heterocycles. The molecule has 0 radical (unpaired) electrons. The van der Waals surface area contributed by atoms with Crippen LogP contribution in [0.2, 0.25) is 15.1 Å². The normalized spacial score (nSPS) is 12.0. The number of nitrogens with one attached hydrogen (secondary N) is 1. The number of halogens is 3. The SMILES string of the molecule is CC(C)NC(=O)[C@H](C)N(Cc1ccc(Cl)c(Cl)c1)C(=O)Cc1cccc(Cl)c1. The molecule has 0 aliphatic carbocycles. The molecule has 0 unspecified atom stereocenters. The van der Waals surface area contributed by atoms with Crippen LogP contribution in [0.15, 0.2) is 42.5 Å². The predicted molar refractivity (Wildman–Crippen MR) is 115 cm³/mol. The summed E-state index contributed by atoms with van der Waals surface area (Å²) in [6.45, 7) is 5.71. The van der Waals surface area contributed by atoms with E-state index in [1.165, 1.54) is 4.90 Å². The summed E-state index contributed by atoms with van der Waals surface area (Å²) in [5, 5.41) is 4.26. The molecule has 0 aliphatic rings. The number of amides is 2. The third kappa shape index (κ3) is 6.40. The first kappa shape index (κ1) is 22.5. The van der Waals surface area contributed by atoms with Crippen LogP contribution in [0.25, 0.3) is 0 Å². The smallest absolute Gasteiger partial charge is 0.242 e. The van der Waals surface area contributed by atoms with Crippen molar-refractivity contribution in [2.45, 2.75) is 45.8 Å². The molecule has 2 aromatic rings. The van der Waals surface area contributed by atoms with Crippen LogP contribution < -0.4 is 5.32 Å². The average molecular weight is 442 g/mol. The van der Waals surface area contributed by atoms with Gasteiger partial charge in [0.15, 0.2) is 0 Å². The molecule has 7 heteroatoms. The van der Waals surface area contributed by atoms with Crippen LogP contribution >= 0.6 is 34.8 Å². The van der Waals surface area contributed by atoms with Gasteiger partial charge in [0, 0.05) is 17.6 Å². The summed E-state index contributed by atoms with van der Waals surface area (Å²) >= 11 is 18.1. The summed E-state index contributed by atoms with van der Waals surface area (Å²) in [5.41, 5.74) is 1.58. The van der Waals surface area contributed by atoms with Gasteiger partial charge >= 0.3 is 0 Å². The van der Waals surface area contributed by atoms with E-state index in [9.17, 15) is 9.59 Å². The lowest BCUT2D eigenvalue weighted by Gasteiger charge is -2.29. The minimum atomic E-state index is -0.650. The van der Waals surface area contributed by atoms with Crippen molar-refractivity contribution in [2.24, 2.45) is 0 Å². The van der Waals surface area contributed by atoms with Crippen molar-refractivity contribution >= 4 is 46.6 Å². The average Bonchev–Trinajstić information content (AvgIpc) is 2.61. The summed E-state index contributed by atoms with van der Waals surface area (Å²) in [4.78, 5) is 27.1. The molecule has 1 atom stereocenters. The molecule has 0 aromatic heterocycles. The maximum atomic E-state index is 13.1. The van der Waals surface area contributed by atoms with E-state index < -0.39 is 6.04 Å². The number of hydrogen-bond acceptors (Lipinski definition) is 2. The highest BCUT2D eigenvalue weighted by molar-refractivity contribution is 6.42. The lowest BCUT2D eigenvalue weighted by molar-refractivity contribution is -0.140. The van der Waals surface area contributed by atoms with Crippen molar-refractivity contribution in [3.63, 3.8) is 0 Å². The number of carbonyl (C=O) groups is 2. The van der Waals surface area contributed by atoms with Gasteiger partial charge in [0.1, 0.15) is 6.04 Å². The highest BCUT2D eigenvalue weighted by Crippen LogP contribution is 2.24. The fraction of sp³-hybridized carbons (Fsp3) is 0.333. The maximum absolute atomic E-state index is 13.1. The zero-order valence-corrected chi connectivity index (χ0v) is 18.3. The van der Waals surface area contributed by atoms with Crippen molar-refractivity contribution in [2.75, 3.05) is 0 Å². The van der Waals surface area contributed by atoms with Crippen LogP contribution in [0.4, 0.5) is 0 Å². The molecule has 0 saturated heterocycles. The lowest BCUT2D eigenvalue weighted by Crippen LogP contribution is -2.49. The van der Waals surface area contributed by atoms with E-state index in [1.807, 2.05) is 19.9 Å². The topological polar surface area (TPSA) is 49.4 Å². The first-order valence-corrected chi connectivity index (χ1v) is 10.1. The molecular formula is C21H23Cl3N2O2. The maximum Gasteiger partial charge on any atom is 0.242 e. The van der Waals surface area contributed by atoms with Gasteiger partial charge in [0.25, 0.3) is 0 Å². The Hall–Kier alpha value is -1.75. The minimum absolute atomic E-state index is 0.0233. The van der Waals surface area contributed by atoms with Gasteiger partial charge in [-0.05, 0) is 56.2 Å². The van der Waals surface area contributed by atoms with Crippen molar-refractivity contribution in [1.29, 1.82) is 0 Å². The van der Waals surface area contributed by atoms with E-state index in [4.69, 9.17) is 34.8 Å².